The van der Waals surface area contributed by atoms with Crippen LogP contribution in [0.2, 0.25) is 0 Å². The number of pyridine rings is 1. The van der Waals surface area contributed by atoms with E-state index < -0.39 is 0 Å². The average molecular weight is 361 g/mol. The van der Waals surface area contributed by atoms with Gasteiger partial charge >= 0.3 is 0 Å². The van der Waals surface area contributed by atoms with Crippen LogP contribution < -0.4 is 5.32 Å². The lowest BCUT2D eigenvalue weighted by Gasteiger charge is -2.13. The minimum Gasteiger partial charge on any atom is -0.309 e. The Morgan fingerprint density at radius 2 is 2.22 bits per heavy atom. The van der Waals surface area contributed by atoms with Gasteiger partial charge in [-0.05, 0) is 29.7 Å². The number of carbonyl (C=O) groups excluding carboxylic acids is 2. The molecule has 1 aliphatic heterocycles. The second kappa shape index (κ2) is 7.03. The normalized spacial score (nSPS) is 16.2. The fourth-order valence-corrected chi connectivity index (χ4v) is 3.88. The predicted molar refractivity (Wildman–Crippen MR) is 97.1 cm³/mol. The molecule has 3 rings (SSSR count). The lowest BCUT2D eigenvalue weighted by atomic mass is 10.3. The molecular formula is C15H11N3O2S3. The van der Waals surface area contributed by atoms with E-state index in [9.17, 15) is 9.59 Å². The van der Waals surface area contributed by atoms with E-state index in [0.29, 0.717) is 15.0 Å². The molecule has 1 N–H and O–H groups in total. The number of carbonyl (C=O) groups is 2. The van der Waals surface area contributed by atoms with Gasteiger partial charge in [0.05, 0.1) is 4.91 Å². The summed E-state index contributed by atoms with van der Waals surface area (Å²) in [5.41, 5.74) is 0. The van der Waals surface area contributed by atoms with Crippen molar-refractivity contribution in [2.24, 2.45) is 0 Å². The average Bonchev–Trinajstić information content (AvgIpc) is 3.13. The van der Waals surface area contributed by atoms with Crippen molar-refractivity contribution in [1.82, 2.24) is 9.88 Å². The van der Waals surface area contributed by atoms with Crippen LogP contribution >= 0.6 is 35.3 Å². The Balaban J connectivity index is 1.67. The monoisotopic (exact) mass is 361 g/mol. The number of amides is 2. The highest BCUT2D eigenvalue weighted by Gasteiger charge is 2.33. The lowest BCUT2D eigenvalue weighted by molar-refractivity contribution is -0.126. The Hall–Kier alpha value is -2.03. The van der Waals surface area contributed by atoms with Crippen LogP contribution in [-0.4, -0.2) is 32.6 Å². The van der Waals surface area contributed by atoms with Crippen LogP contribution in [0, 0.1) is 0 Å². The summed E-state index contributed by atoms with van der Waals surface area (Å²) in [5.74, 6) is -0.140. The molecule has 1 aliphatic rings. The number of anilines is 1. The Labute approximate surface area is 146 Å². The second-order valence-corrected chi connectivity index (χ2v) is 7.20. The topological polar surface area (TPSA) is 62.3 Å². The predicted octanol–water partition coefficient (Wildman–Crippen LogP) is 2.98. The van der Waals surface area contributed by atoms with E-state index in [2.05, 4.69) is 10.3 Å². The zero-order chi connectivity index (χ0) is 16.2. The van der Waals surface area contributed by atoms with Gasteiger partial charge in [-0.2, -0.15) is 0 Å². The fourth-order valence-electron chi connectivity index (χ4n) is 1.90. The minimum absolute atomic E-state index is 0.122. The van der Waals surface area contributed by atoms with Gasteiger partial charge in [-0.25, -0.2) is 4.98 Å². The molecule has 0 bridgehead atoms. The van der Waals surface area contributed by atoms with Gasteiger partial charge in [-0.1, -0.05) is 36.1 Å². The highest BCUT2D eigenvalue weighted by molar-refractivity contribution is 8.26. The van der Waals surface area contributed by atoms with Gasteiger partial charge in [-0.3, -0.25) is 14.5 Å². The van der Waals surface area contributed by atoms with Gasteiger partial charge in [0.25, 0.3) is 5.91 Å². The first-order valence-corrected chi connectivity index (χ1v) is 8.74. The summed E-state index contributed by atoms with van der Waals surface area (Å²) in [6.07, 6.45) is 3.37. The number of thiocarbonyl (C=S) groups is 1. The van der Waals surface area contributed by atoms with Crippen molar-refractivity contribution >= 4 is 63.3 Å². The van der Waals surface area contributed by atoms with E-state index in [4.69, 9.17) is 12.2 Å². The van der Waals surface area contributed by atoms with Gasteiger partial charge in [-0.15, -0.1) is 11.3 Å². The first-order chi connectivity index (χ1) is 11.1. The van der Waals surface area contributed by atoms with Crippen molar-refractivity contribution in [3.63, 3.8) is 0 Å². The number of hydrogen-bond acceptors (Lipinski definition) is 6. The van der Waals surface area contributed by atoms with Crippen LogP contribution in [0.5, 0.6) is 0 Å². The molecule has 0 radical (unpaired) electrons. The summed E-state index contributed by atoms with van der Waals surface area (Å²) in [4.78, 5) is 31.3. The highest BCUT2D eigenvalue weighted by atomic mass is 32.2. The maximum Gasteiger partial charge on any atom is 0.266 e. The first-order valence-electron chi connectivity index (χ1n) is 6.63. The van der Waals surface area contributed by atoms with Crippen molar-refractivity contribution in [3.8, 4) is 0 Å². The fraction of sp³-hybridized carbons (Fsp3) is 0.0667. The molecule has 0 unspecified atom stereocenters. The molecule has 2 amide bonds. The van der Waals surface area contributed by atoms with Crippen LogP contribution in [0.3, 0.4) is 0 Å². The molecule has 2 aromatic heterocycles. The maximum absolute atomic E-state index is 12.4. The Bertz CT molecular complexity index is 773. The van der Waals surface area contributed by atoms with Crippen LogP contribution in [0.25, 0.3) is 6.08 Å². The molecular weight excluding hydrogens is 350 g/mol. The Morgan fingerprint density at radius 1 is 1.35 bits per heavy atom. The summed E-state index contributed by atoms with van der Waals surface area (Å²) >= 11 is 7.96. The standard InChI is InChI=1S/C15H11N3O2S3/c19-13(17-12-5-1-2-6-16-12)9-18-14(20)11(23-15(18)21)8-10-4-3-7-22-10/h1-8H,9H2,(H,16,17,19)/b11-8+. The Morgan fingerprint density at radius 3 is 2.91 bits per heavy atom. The number of nitrogens with zero attached hydrogens (tertiary/aromatic N) is 2. The summed E-state index contributed by atoms with van der Waals surface area (Å²) in [7, 11) is 0. The van der Waals surface area contributed by atoms with Gasteiger partial charge < -0.3 is 5.32 Å². The molecule has 0 aromatic carbocycles. The maximum atomic E-state index is 12.4. The summed E-state index contributed by atoms with van der Waals surface area (Å²) < 4.78 is 0.383. The third kappa shape index (κ3) is 3.84. The number of hydrogen-bond donors (Lipinski definition) is 1. The molecule has 0 saturated carbocycles. The summed E-state index contributed by atoms with van der Waals surface area (Å²) in [6, 6.07) is 9.04. The smallest absolute Gasteiger partial charge is 0.266 e. The SMILES string of the molecule is O=C(CN1C(=O)/C(=C\c2cccs2)SC1=S)Nc1ccccn1. The van der Waals surface area contributed by atoms with Crippen molar-refractivity contribution in [1.29, 1.82) is 0 Å². The molecule has 1 saturated heterocycles. The van der Waals surface area contributed by atoms with E-state index in [-0.39, 0.29) is 18.4 Å². The molecule has 8 heteroatoms. The lowest BCUT2D eigenvalue weighted by Crippen LogP contribution is -2.36. The number of aromatic nitrogens is 1. The van der Waals surface area contributed by atoms with Crippen LogP contribution in [0.1, 0.15) is 4.88 Å². The third-order valence-corrected chi connectivity index (χ3v) is 5.12. The van der Waals surface area contributed by atoms with Crippen molar-refractivity contribution < 1.29 is 9.59 Å². The summed E-state index contributed by atoms with van der Waals surface area (Å²) in [5, 5.41) is 4.58. The molecule has 2 aromatic rings. The van der Waals surface area contributed by atoms with E-state index in [1.54, 1.807) is 30.5 Å². The highest BCUT2D eigenvalue weighted by Crippen LogP contribution is 2.33. The molecule has 0 aliphatic carbocycles. The molecule has 3 heterocycles. The third-order valence-electron chi connectivity index (χ3n) is 2.92. The molecule has 23 heavy (non-hydrogen) atoms. The summed E-state index contributed by atoms with van der Waals surface area (Å²) in [6.45, 7) is -0.122. The van der Waals surface area contributed by atoms with E-state index in [1.165, 1.54) is 28.0 Å². The second-order valence-electron chi connectivity index (χ2n) is 4.55. The van der Waals surface area contributed by atoms with E-state index in [0.717, 1.165) is 4.88 Å². The van der Waals surface area contributed by atoms with Crippen LogP contribution in [0.15, 0.2) is 46.8 Å². The van der Waals surface area contributed by atoms with Crippen molar-refractivity contribution in [2.75, 3.05) is 11.9 Å². The van der Waals surface area contributed by atoms with Crippen molar-refractivity contribution in [3.05, 3.63) is 51.7 Å². The van der Waals surface area contributed by atoms with Crippen LogP contribution in [-0.2, 0) is 9.59 Å². The first kappa shape index (κ1) is 15.9. The molecule has 116 valence electrons. The number of nitrogens with one attached hydrogen (secondary N) is 1. The van der Waals surface area contributed by atoms with Gasteiger partial charge in [0, 0.05) is 11.1 Å². The molecule has 5 nitrogen and oxygen atoms in total. The molecule has 0 atom stereocenters. The zero-order valence-corrected chi connectivity index (χ0v) is 14.2. The zero-order valence-electron chi connectivity index (χ0n) is 11.8. The van der Waals surface area contributed by atoms with Crippen LogP contribution in [0.4, 0.5) is 5.82 Å². The van der Waals surface area contributed by atoms with Crippen molar-refractivity contribution in [2.45, 2.75) is 0 Å². The van der Waals surface area contributed by atoms with E-state index in [1.807, 2.05) is 17.5 Å². The number of thioether (sulfide) groups is 1. The molecule has 0 spiro atoms. The minimum atomic E-state index is -0.336. The largest absolute Gasteiger partial charge is 0.309 e. The molecule has 1 fully saturated rings. The van der Waals surface area contributed by atoms with Gasteiger partial charge in [0.15, 0.2) is 0 Å². The van der Waals surface area contributed by atoms with E-state index >= 15 is 0 Å². The van der Waals surface area contributed by atoms with Gasteiger partial charge in [0.2, 0.25) is 5.91 Å². The van der Waals surface area contributed by atoms with Gasteiger partial charge in [0.1, 0.15) is 16.7 Å². The number of rotatable bonds is 4. The quantitative estimate of drug-likeness (QED) is 0.670. The Kier molecular flexibility index (Phi) is 4.85. The number of thiophene rings is 1.